The summed E-state index contributed by atoms with van der Waals surface area (Å²) in [6.45, 7) is -0.950. The summed E-state index contributed by atoms with van der Waals surface area (Å²) < 4.78 is 22.5. The second-order valence-corrected chi connectivity index (χ2v) is 8.31. The summed E-state index contributed by atoms with van der Waals surface area (Å²) in [5, 5.41) is 50.5. The third-order valence-corrected chi connectivity index (χ3v) is 6.17. The number of benzene rings is 1. The van der Waals surface area contributed by atoms with Crippen molar-refractivity contribution in [1.82, 2.24) is 0 Å². The molecule has 1 aliphatic carbocycles. The van der Waals surface area contributed by atoms with Crippen molar-refractivity contribution in [3.8, 4) is 0 Å². The van der Waals surface area contributed by atoms with E-state index in [1.165, 1.54) is 24.5 Å². The Morgan fingerprint density at radius 2 is 1.82 bits per heavy atom. The smallest absolute Gasteiger partial charge is 0.331 e. The van der Waals surface area contributed by atoms with E-state index in [1.807, 2.05) is 6.07 Å². The Morgan fingerprint density at radius 1 is 1.06 bits per heavy atom. The van der Waals surface area contributed by atoms with Gasteiger partial charge in [0.05, 0.1) is 31.5 Å². The molecule has 1 saturated heterocycles. The van der Waals surface area contributed by atoms with Gasteiger partial charge in [-0.15, -0.1) is 0 Å². The zero-order valence-electron chi connectivity index (χ0n) is 18.2. The molecule has 34 heavy (non-hydrogen) atoms. The summed E-state index contributed by atoms with van der Waals surface area (Å²) in [5.41, 5.74) is 1.26. The minimum Gasteiger partial charge on any atom is -0.472 e. The van der Waals surface area contributed by atoms with E-state index in [4.69, 9.17) is 18.9 Å². The Bertz CT molecular complexity index is 929. The van der Waals surface area contributed by atoms with Crippen LogP contribution in [0.2, 0.25) is 0 Å². The molecule has 10 nitrogen and oxygen atoms in total. The lowest BCUT2D eigenvalue weighted by Gasteiger charge is -2.43. The van der Waals surface area contributed by atoms with Crippen LogP contribution in [-0.2, 0) is 23.7 Å². The van der Waals surface area contributed by atoms with E-state index in [2.05, 4.69) is 0 Å². The highest BCUT2D eigenvalue weighted by atomic mass is 16.8. The summed E-state index contributed by atoms with van der Waals surface area (Å²) >= 11 is 0. The van der Waals surface area contributed by atoms with Crippen LogP contribution in [0.15, 0.2) is 60.4 Å². The number of hydrogen-bond donors (Lipinski definition) is 5. The highest BCUT2D eigenvalue weighted by Gasteiger charge is 2.50. The van der Waals surface area contributed by atoms with Crippen molar-refractivity contribution in [1.29, 1.82) is 0 Å². The SMILES string of the molecule is O=C(C=Cc1ccccc1)O[C@H]1[C@H](O[C@@H]2OC=C[C@@H]3[C@H]2C(CO)=C[C@H]3O)O[C@H](CO)[C@@H](O)[C@@H]1O. The van der Waals surface area contributed by atoms with Gasteiger partial charge in [0, 0.05) is 12.0 Å². The molecular weight excluding hydrogens is 448 g/mol. The van der Waals surface area contributed by atoms with E-state index >= 15 is 0 Å². The molecule has 10 heteroatoms. The number of rotatable bonds is 7. The molecule has 0 unspecified atom stereocenters. The van der Waals surface area contributed by atoms with Gasteiger partial charge in [0.2, 0.25) is 12.6 Å². The van der Waals surface area contributed by atoms with Gasteiger partial charge in [-0.05, 0) is 23.3 Å². The predicted molar refractivity (Wildman–Crippen MR) is 116 cm³/mol. The third kappa shape index (κ3) is 5.08. The first-order valence-corrected chi connectivity index (χ1v) is 11.0. The maximum absolute atomic E-state index is 12.5. The first kappa shape index (κ1) is 24.6. The van der Waals surface area contributed by atoms with E-state index in [9.17, 15) is 30.3 Å². The molecule has 1 aromatic carbocycles. The first-order valence-electron chi connectivity index (χ1n) is 11.0. The fourth-order valence-corrected chi connectivity index (χ4v) is 4.39. The summed E-state index contributed by atoms with van der Waals surface area (Å²) in [4.78, 5) is 12.5. The van der Waals surface area contributed by atoms with Crippen LogP contribution in [-0.4, -0.2) is 87.8 Å². The fourth-order valence-electron chi connectivity index (χ4n) is 4.39. The van der Waals surface area contributed by atoms with E-state index in [1.54, 1.807) is 30.3 Å². The van der Waals surface area contributed by atoms with Crippen molar-refractivity contribution in [2.75, 3.05) is 13.2 Å². The van der Waals surface area contributed by atoms with Crippen LogP contribution in [0.5, 0.6) is 0 Å². The van der Waals surface area contributed by atoms with Gasteiger partial charge in [-0.2, -0.15) is 0 Å². The molecule has 0 saturated carbocycles. The molecule has 5 N–H and O–H groups in total. The average molecular weight is 476 g/mol. The molecule has 0 spiro atoms. The van der Waals surface area contributed by atoms with Gasteiger partial charge in [0.1, 0.15) is 18.3 Å². The lowest BCUT2D eigenvalue weighted by Crippen LogP contribution is -2.61. The zero-order valence-corrected chi connectivity index (χ0v) is 18.2. The van der Waals surface area contributed by atoms with Crippen molar-refractivity contribution in [3.63, 3.8) is 0 Å². The molecule has 3 aliphatic rings. The molecule has 9 atom stereocenters. The Kier molecular flexibility index (Phi) is 7.79. The molecule has 0 radical (unpaired) electrons. The van der Waals surface area contributed by atoms with E-state index < -0.39 is 67.5 Å². The molecule has 2 heterocycles. The monoisotopic (exact) mass is 476 g/mol. The van der Waals surface area contributed by atoms with E-state index in [0.717, 1.165) is 5.56 Å². The number of hydrogen-bond acceptors (Lipinski definition) is 10. The standard InChI is InChI=1S/C24H28O10/c25-11-14-10-16(27)15-8-9-31-23(19(14)15)34-24-22(21(30)20(29)17(12-26)32-24)33-18(28)7-6-13-4-2-1-3-5-13/h1-10,15-17,19-27,29-30H,11-12H2/t15-,16+,17+,19+,20+,21-,22+,23-,24-/m0/s1. The quantitative estimate of drug-likeness (QED) is 0.197. The Labute approximate surface area is 196 Å². The van der Waals surface area contributed by atoms with Crippen LogP contribution in [0.25, 0.3) is 6.08 Å². The summed E-state index contributed by atoms with van der Waals surface area (Å²) in [6.07, 6.45) is -1.92. The largest absolute Gasteiger partial charge is 0.472 e. The van der Waals surface area contributed by atoms with E-state index in [0.29, 0.717) is 5.57 Å². The van der Waals surface area contributed by atoms with E-state index in [-0.39, 0.29) is 6.61 Å². The van der Waals surface area contributed by atoms with Gasteiger partial charge in [0.25, 0.3) is 0 Å². The van der Waals surface area contributed by atoms with Gasteiger partial charge in [-0.3, -0.25) is 0 Å². The number of aliphatic hydroxyl groups is 5. The Balaban J connectivity index is 1.52. The second kappa shape index (κ2) is 10.8. The molecule has 1 aromatic rings. The van der Waals surface area contributed by atoms with Gasteiger partial charge in [0.15, 0.2) is 6.10 Å². The lowest BCUT2D eigenvalue weighted by atomic mass is 9.88. The molecule has 0 amide bonds. The summed E-state index contributed by atoms with van der Waals surface area (Å²) in [5.74, 6) is -1.78. The number of carbonyl (C=O) groups is 1. The van der Waals surface area contributed by atoms with Gasteiger partial charge < -0.3 is 44.5 Å². The van der Waals surface area contributed by atoms with Crippen molar-refractivity contribution in [2.24, 2.45) is 11.8 Å². The van der Waals surface area contributed by atoms with Crippen molar-refractivity contribution >= 4 is 12.0 Å². The molecule has 2 aliphatic heterocycles. The van der Waals surface area contributed by atoms with Gasteiger partial charge in [-0.25, -0.2) is 4.79 Å². The molecule has 0 aromatic heterocycles. The molecule has 4 rings (SSSR count). The number of esters is 1. The van der Waals surface area contributed by atoms with Crippen molar-refractivity contribution in [2.45, 2.75) is 43.1 Å². The van der Waals surface area contributed by atoms with Gasteiger partial charge >= 0.3 is 5.97 Å². The summed E-state index contributed by atoms with van der Waals surface area (Å²) in [7, 11) is 0. The average Bonchev–Trinajstić information content (AvgIpc) is 3.19. The summed E-state index contributed by atoms with van der Waals surface area (Å²) in [6, 6.07) is 9.02. The number of ether oxygens (including phenoxy) is 4. The van der Waals surface area contributed by atoms with Gasteiger partial charge in [-0.1, -0.05) is 36.4 Å². The van der Waals surface area contributed by atoms with Crippen LogP contribution in [0, 0.1) is 11.8 Å². The second-order valence-electron chi connectivity index (χ2n) is 8.31. The number of carbonyl (C=O) groups excluding carboxylic acids is 1. The minimum atomic E-state index is -1.62. The van der Waals surface area contributed by atoms with Crippen LogP contribution in [0.1, 0.15) is 5.56 Å². The predicted octanol–water partition coefficient (Wildman–Crippen LogP) is -0.537. The molecule has 184 valence electrons. The van der Waals surface area contributed by atoms with Crippen LogP contribution in [0.3, 0.4) is 0 Å². The fraction of sp³-hybridized carbons (Fsp3) is 0.458. The number of aliphatic hydroxyl groups excluding tert-OH is 5. The topological polar surface area (TPSA) is 155 Å². The van der Waals surface area contributed by atoms with Crippen LogP contribution >= 0.6 is 0 Å². The maximum Gasteiger partial charge on any atom is 0.331 e. The normalized spacial score (nSPS) is 37.2. The highest BCUT2D eigenvalue weighted by Crippen LogP contribution is 2.41. The minimum absolute atomic E-state index is 0.329. The van der Waals surface area contributed by atoms with Crippen LogP contribution in [0.4, 0.5) is 0 Å². The molecule has 0 bridgehead atoms. The Hall–Kier alpha value is -2.57. The first-order chi connectivity index (χ1) is 16.4. The molecule has 1 fully saturated rings. The third-order valence-electron chi connectivity index (χ3n) is 6.17. The van der Waals surface area contributed by atoms with Crippen molar-refractivity contribution in [3.05, 3.63) is 66.0 Å². The van der Waals surface area contributed by atoms with Crippen molar-refractivity contribution < 1.29 is 49.3 Å². The Morgan fingerprint density at radius 3 is 2.53 bits per heavy atom. The maximum atomic E-state index is 12.5. The molecular formula is C24H28O10. The number of fused-ring (bicyclic) bond motifs is 1. The highest BCUT2D eigenvalue weighted by molar-refractivity contribution is 5.87. The lowest BCUT2D eigenvalue weighted by molar-refractivity contribution is -0.340. The zero-order chi connectivity index (χ0) is 24.2. The van der Waals surface area contributed by atoms with Crippen LogP contribution < -0.4 is 0 Å².